The first kappa shape index (κ1) is 21.7. The zero-order valence-corrected chi connectivity index (χ0v) is 19.9. The second kappa shape index (κ2) is 9.38. The van der Waals surface area contributed by atoms with Crippen molar-refractivity contribution in [1.82, 2.24) is 24.9 Å². The molecule has 166 valence electrons. The maximum absolute atomic E-state index is 12.4. The molecule has 0 bridgehead atoms. The minimum atomic E-state index is -0.0843. The van der Waals surface area contributed by atoms with E-state index in [9.17, 15) is 4.79 Å². The summed E-state index contributed by atoms with van der Waals surface area (Å²) in [6, 6.07) is 15.3. The first-order valence-corrected chi connectivity index (χ1v) is 12.3. The third-order valence-corrected chi connectivity index (χ3v) is 7.17. The molecule has 0 spiro atoms. The molecule has 2 aromatic carbocycles. The SMILES string of the molecule is COc1ccc(CNC(=O)CSc2nnc3c4c(-c5ccc(Cl)cc5)csc4ncn23)cc1. The van der Waals surface area contributed by atoms with E-state index in [1.165, 1.54) is 11.8 Å². The zero-order chi connectivity index (χ0) is 22.8. The van der Waals surface area contributed by atoms with E-state index in [0.717, 1.165) is 32.7 Å². The predicted octanol–water partition coefficient (Wildman–Crippen LogP) is 5.08. The fourth-order valence-electron chi connectivity index (χ4n) is 3.39. The number of ether oxygens (including phenoxy) is 1. The summed E-state index contributed by atoms with van der Waals surface area (Å²) in [5, 5.41) is 15.9. The van der Waals surface area contributed by atoms with Crippen molar-refractivity contribution in [2.75, 3.05) is 12.9 Å². The fourth-order valence-corrected chi connectivity index (χ4v) is 5.16. The first-order chi connectivity index (χ1) is 16.1. The monoisotopic (exact) mass is 495 g/mol. The molecular formula is C23H18ClN5O2S2. The van der Waals surface area contributed by atoms with Gasteiger partial charge in [-0.3, -0.25) is 9.20 Å². The molecule has 0 fully saturated rings. The summed E-state index contributed by atoms with van der Waals surface area (Å²) in [5.74, 6) is 0.925. The van der Waals surface area contributed by atoms with Gasteiger partial charge in [0.1, 0.15) is 16.9 Å². The van der Waals surface area contributed by atoms with Crippen LogP contribution in [0.1, 0.15) is 5.56 Å². The Hall–Kier alpha value is -3.14. The van der Waals surface area contributed by atoms with E-state index < -0.39 is 0 Å². The van der Waals surface area contributed by atoms with Crippen LogP contribution in [-0.2, 0) is 11.3 Å². The van der Waals surface area contributed by atoms with E-state index in [2.05, 4.69) is 25.9 Å². The number of carbonyl (C=O) groups excluding carboxylic acids is 1. The Bertz CT molecular complexity index is 1430. The number of nitrogens with one attached hydrogen (secondary N) is 1. The zero-order valence-electron chi connectivity index (χ0n) is 17.5. The number of nitrogens with zero attached hydrogens (tertiary/aromatic N) is 4. The molecular weight excluding hydrogens is 478 g/mol. The van der Waals surface area contributed by atoms with Crippen LogP contribution in [0.15, 0.2) is 65.4 Å². The molecule has 0 saturated carbocycles. The largest absolute Gasteiger partial charge is 0.497 e. The molecule has 3 aromatic heterocycles. The average Bonchev–Trinajstić information content (AvgIpc) is 3.46. The van der Waals surface area contributed by atoms with Gasteiger partial charge in [-0.15, -0.1) is 21.5 Å². The number of rotatable bonds is 7. The van der Waals surface area contributed by atoms with Gasteiger partial charge in [-0.1, -0.05) is 47.6 Å². The first-order valence-electron chi connectivity index (χ1n) is 10.0. The van der Waals surface area contributed by atoms with Crippen molar-refractivity contribution in [3.8, 4) is 16.9 Å². The van der Waals surface area contributed by atoms with Gasteiger partial charge in [-0.25, -0.2) is 4.98 Å². The lowest BCUT2D eigenvalue weighted by Gasteiger charge is -2.06. The highest BCUT2D eigenvalue weighted by atomic mass is 35.5. The van der Waals surface area contributed by atoms with Crippen LogP contribution in [0.5, 0.6) is 5.75 Å². The number of thioether (sulfide) groups is 1. The molecule has 5 rings (SSSR count). The van der Waals surface area contributed by atoms with Crippen molar-refractivity contribution >= 4 is 56.5 Å². The highest BCUT2D eigenvalue weighted by Gasteiger charge is 2.17. The quantitative estimate of drug-likeness (QED) is 0.317. The minimum absolute atomic E-state index is 0.0843. The Kier molecular flexibility index (Phi) is 6.17. The molecule has 0 radical (unpaired) electrons. The van der Waals surface area contributed by atoms with Gasteiger partial charge >= 0.3 is 0 Å². The van der Waals surface area contributed by atoms with Gasteiger partial charge < -0.3 is 10.1 Å². The van der Waals surface area contributed by atoms with Crippen LogP contribution in [0.2, 0.25) is 5.02 Å². The van der Waals surface area contributed by atoms with E-state index in [-0.39, 0.29) is 11.7 Å². The number of thiophene rings is 1. The molecule has 0 aliphatic rings. The second-order valence-electron chi connectivity index (χ2n) is 7.17. The van der Waals surface area contributed by atoms with E-state index in [1.54, 1.807) is 24.8 Å². The molecule has 5 aromatic rings. The summed E-state index contributed by atoms with van der Waals surface area (Å²) in [7, 11) is 1.62. The van der Waals surface area contributed by atoms with Crippen LogP contribution in [0.25, 0.3) is 27.0 Å². The van der Waals surface area contributed by atoms with E-state index >= 15 is 0 Å². The second-order valence-corrected chi connectivity index (χ2v) is 9.41. The number of fused-ring (bicyclic) bond motifs is 3. The van der Waals surface area contributed by atoms with Crippen molar-refractivity contribution in [2.45, 2.75) is 11.7 Å². The van der Waals surface area contributed by atoms with Crippen LogP contribution in [0.4, 0.5) is 0 Å². The summed E-state index contributed by atoms with van der Waals surface area (Å²) >= 11 is 8.92. The molecule has 10 heteroatoms. The van der Waals surface area contributed by atoms with E-state index in [0.29, 0.717) is 22.4 Å². The Morgan fingerprint density at radius 2 is 1.94 bits per heavy atom. The summed E-state index contributed by atoms with van der Waals surface area (Å²) in [6.45, 7) is 0.450. The lowest BCUT2D eigenvalue weighted by Crippen LogP contribution is -2.24. The number of benzene rings is 2. The maximum Gasteiger partial charge on any atom is 0.230 e. The summed E-state index contributed by atoms with van der Waals surface area (Å²) in [4.78, 5) is 17.8. The molecule has 3 heterocycles. The molecule has 1 amide bonds. The van der Waals surface area contributed by atoms with Gasteiger partial charge in [0.2, 0.25) is 5.91 Å². The average molecular weight is 496 g/mol. The highest BCUT2D eigenvalue weighted by molar-refractivity contribution is 7.99. The van der Waals surface area contributed by atoms with Crippen LogP contribution >= 0.6 is 34.7 Å². The molecule has 1 N–H and O–H groups in total. The predicted molar refractivity (Wildman–Crippen MR) is 132 cm³/mol. The van der Waals surface area contributed by atoms with Crippen LogP contribution in [-0.4, -0.2) is 38.4 Å². The van der Waals surface area contributed by atoms with Gasteiger partial charge in [0.15, 0.2) is 10.8 Å². The van der Waals surface area contributed by atoms with E-state index in [1.807, 2.05) is 52.9 Å². The smallest absolute Gasteiger partial charge is 0.230 e. The van der Waals surface area contributed by atoms with Gasteiger partial charge in [-0.05, 0) is 35.4 Å². The molecule has 0 unspecified atom stereocenters. The molecule has 0 atom stereocenters. The van der Waals surface area contributed by atoms with Gasteiger partial charge in [-0.2, -0.15) is 0 Å². The Balaban J connectivity index is 1.31. The number of amides is 1. The number of hydrogen-bond donors (Lipinski definition) is 1. The molecule has 33 heavy (non-hydrogen) atoms. The number of hydrogen-bond acceptors (Lipinski definition) is 7. The fraction of sp³-hybridized carbons (Fsp3) is 0.130. The van der Waals surface area contributed by atoms with Crippen molar-refractivity contribution in [3.63, 3.8) is 0 Å². The molecule has 0 aliphatic heterocycles. The summed E-state index contributed by atoms with van der Waals surface area (Å²) in [5.41, 5.74) is 3.79. The van der Waals surface area contributed by atoms with Gasteiger partial charge in [0, 0.05) is 22.5 Å². The van der Waals surface area contributed by atoms with E-state index in [4.69, 9.17) is 16.3 Å². The maximum atomic E-state index is 12.4. The summed E-state index contributed by atoms with van der Waals surface area (Å²) in [6.07, 6.45) is 1.71. The Morgan fingerprint density at radius 3 is 2.70 bits per heavy atom. The standard InChI is InChI=1S/C23H18ClN5O2S2/c1-31-17-8-2-14(3-9-17)10-25-19(30)12-33-23-28-27-21-20-18(15-4-6-16(24)7-5-15)11-32-22(20)26-13-29(21)23/h2-9,11,13H,10,12H2,1H3,(H,25,30). The normalized spacial score (nSPS) is 11.2. The third-order valence-electron chi connectivity index (χ3n) is 5.09. The number of aromatic nitrogens is 4. The molecule has 7 nitrogen and oxygen atoms in total. The van der Waals surface area contributed by atoms with Crippen LogP contribution in [0.3, 0.4) is 0 Å². The van der Waals surface area contributed by atoms with Crippen LogP contribution in [0, 0.1) is 0 Å². The van der Waals surface area contributed by atoms with Crippen molar-refractivity contribution in [2.24, 2.45) is 0 Å². The number of halogens is 1. The van der Waals surface area contributed by atoms with Gasteiger partial charge in [0.25, 0.3) is 0 Å². The van der Waals surface area contributed by atoms with Crippen molar-refractivity contribution in [3.05, 3.63) is 70.8 Å². The lowest BCUT2D eigenvalue weighted by atomic mass is 10.1. The minimum Gasteiger partial charge on any atom is -0.497 e. The van der Waals surface area contributed by atoms with Crippen LogP contribution < -0.4 is 10.1 Å². The lowest BCUT2D eigenvalue weighted by molar-refractivity contribution is -0.118. The Labute approximate surface area is 202 Å². The highest BCUT2D eigenvalue weighted by Crippen LogP contribution is 2.36. The topological polar surface area (TPSA) is 81.4 Å². The number of carbonyl (C=O) groups is 1. The van der Waals surface area contributed by atoms with Crippen molar-refractivity contribution in [1.29, 1.82) is 0 Å². The Morgan fingerprint density at radius 1 is 1.15 bits per heavy atom. The van der Waals surface area contributed by atoms with Crippen molar-refractivity contribution < 1.29 is 9.53 Å². The molecule has 0 aliphatic carbocycles. The summed E-state index contributed by atoms with van der Waals surface area (Å²) < 4.78 is 6.98. The third kappa shape index (κ3) is 4.52. The number of methoxy groups -OCH3 is 1. The molecule has 0 saturated heterocycles. The van der Waals surface area contributed by atoms with Gasteiger partial charge in [0.05, 0.1) is 18.2 Å².